The first kappa shape index (κ1) is 22.6. The average molecular weight is 410 g/mol. The summed E-state index contributed by atoms with van der Waals surface area (Å²) in [5.74, 6) is 0.750. The molecular formula is C20H35N5O2S. The molecule has 1 aromatic rings. The number of nitrogens with one attached hydrogen (secondary N) is 3. The maximum atomic E-state index is 12.3. The minimum atomic E-state index is -3.49. The third-order valence-electron chi connectivity index (χ3n) is 4.95. The fourth-order valence-corrected chi connectivity index (χ4v) is 4.24. The third-order valence-corrected chi connectivity index (χ3v) is 6.43. The molecule has 8 heteroatoms. The summed E-state index contributed by atoms with van der Waals surface area (Å²) in [7, 11) is -3.49. The van der Waals surface area contributed by atoms with Crippen LogP contribution in [-0.4, -0.2) is 64.1 Å². The van der Waals surface area contributed by atoms with Gasteiger partial charge in [-0.1, -0.05) is 17.7 Å². The van der Waals surface area contributed by atoms with E-state index in [1.165, 1.54) is 0 Å². The summed E-state index contributed by atoms with van der Waals surface area (Å²) in [6.07, 6.45) is 2.17. The smallest absolute Gasteiger partial charge is 0.240 e. The van der Waals surface area contributed by atoms with E-state index in [1.54, 1.807) is 24.3 Å². The molecule has 2 rings (SSSR count). The number of hydrogen-bond donors (Lipinski definition) is 3. The summed E-state index contributed by atoms with van der Waals surface area (Å²) in [6.45, 7) is 12.0. The second-order valence-electron chi connectivity index (χ2n) is 7.52. The lowest BCUT2D eigenvalue weighted by molar-refractivity contribution is 0.167. The Kier molecular flexibility index (Phi) is 8.72. The Bertz CT molecular complexity index is 723. The molecule has 1 saturated heterocycles. The second kappa shape index (κ2) is 10.8. The van der Waals surface area contributed by atoms with Gasteiger partial charge in [0.25, 0.3) is 0 Å². The predicted molar refractivity (Wildman–Crippen MR) is 115 cm³/mol. The number of benzene rings is 1. The van der Waals surface area contributed by atoms with Crippen molar-refractivity contribution in [1.82, 2.24) is 20.3 Å². The lowest BCUT2D eigenvalue weighted by Gasteiger charge is -2.35. The van der Waals surface area contributed by atoms with Crippen LogP contribution in [0.15, 0.2) is 34.2 Å². The van der Waals surface area contributed by atoms with Gasteiger partial charge in [0, 0.05) is 38.3 Å². The van der Waals surface area contributed by atoms with Crippen LogP contribution in [0, 0.1) is 6.92 Å². The maximum Gasteiger partial charge on any atom is 0.240 e. The molecule has 1 fully saturated rings. The van der Waals surface area contributed by atoms with Gasteiger partial charge in [0.1, 0.15) is 0 Å². The Morgan fingerprint density at radius 2 is 1.86 bits per heavy atom. The van der Waals surface area contributed by atoms with Gasteiger partial charge in [-0.2, -0.15) is 0 Å². The Labute approximate surface area is 170 Å². The van der Waals surface area contributed by atoms with Gasteiger partial charge in [-0.3, -0.25) is 4.99 Å². The number of hydrogen-bond acceptors (Lipinski definition) is 4. The van der Waals surface area contributed by atoms with Crippen molar-refractivity contribution >= 4 is 16.0 Å². The molecule has 0 unspecified atom stereocenters. The monoisotopic (exact) mass is 409 g/mol. The molecule has 0 bridgehead atoms. The number of aryl methyl sites for hydroxylation is 1. The second-order valence-corrected chi connectivity index (χ2v) is 9.29. The van der Waals surface area contributed by atoms with E-state index < -0.39 is 10.0 Å². The molecule has 0 amide bonds. The molecule has 0 spiro atoms. The number of guanidine groups is 1. The van der Waals surface area contributed by atoms with Crippen molar-refractivity contribution in [2.75, 3.05) is 32.7 Å². The van der Waals surface area contributed by atoms with Gasteiger partial charge in [-0.25, -0.2) is 13.1 Å². The summed E-state index contributed by atoms with van der Waals surface area (Å²) in [5.41, 5.74) is 1.03. The van der Waals surface area contributed by atoms with E-state index in [1.807, 2.05) is 13.8 Å². The number of nitrogens with zero attached hydrogens (tertiary/aromatic N) is 2. The zero-order chi connectivity index (χ0) is 20.6. The summed E-state index contributed by atoms with van der Waals surface area (Å²) in [5, 5.41) is 6.73. The minimum absolute atomic E-state index is 0.262. The molecule has 7 nitrogen and oxygen atoms in total. The molecule has 0 atom stereocenters. The Morgan fingerprint density at radius 1 is 1.21 bits per heavy atom. The molecule has 28 heavy (non-hydrogen) atoms. The van der Waals surface area contributed by atoms with Gasteiger partial charge in [0.15, 0.2) is 5.96 Å². The largest absolute Gasteiger partial charge is 0.357 e. The van der Waals surface area contributed by atoms with Gasteiger partial charge in [0.05, 0.1) is 11.4 Å². The lowest BCUT2D eigenvalue weighted by Crippen LogP contribution is -2.50. The zero-order valence-electron chi connectivity index (χ0n) is 17.5. The molecule has 0 radical (unpaired) electrons. The number of rotatable bonds is 8. The van der Waals surface area contributed by atoms with Gasteiger partial charge in [-0.15, -0.1) is 0 Å². The van der Waals surface area contributed by atoms with Crippen molar-refractivity contribution in [2.24, 2.45) is 4.99 Å². The zero-order valence-corrected chi connectivity index (χ0v) is 18.3. The topological polar surface area (TPSA) is 85.8 Å². The number of piperidine rings is 1. The molecule has 1 heterocycles. The van der Waals surface area contributed by atoms with Crippen LogP contribution in [-0.2, 0) is 10.0 Å². The van der Waals surface area contributed by atoms with Crippen LogP contribution in [0.1, 0.15) is 39.2 Å². The third kappa shape index (κ3) is 7.07. The van der Waals surface area contributed by atoms with Crippen molar-refractivity contribution in [1.29, 1.82) is 0 Å². The average Bonchev–Trinajstić information content (AvgIpc) is 2.66. The van der Waals surface area contributed by atoms with Crippen molar-refractivity contribution in [2.45, 2.75) is 57.5 Å². The highest BCUT2D eigenvalue weighted by Crippen LogP contribution is 2.13. The van der Waals surface area contributed by atoms with E-state index in [2.05, 4.69) is 39.1 Å². The van der Waals surface area contributed by atoms with Gasteiger partial charge < -0.3 is 15.5 Å². The molecule has 0 aliphatic carbocycles. The number of aliphatic imine (C=N–C) groups is 1. The highest BCUT2D eigenvalue weighted by molar-refractivity contribution is 7.89. The van der Waals surface area contributed by atoms with E-state index in [0.717, 1.165) is 44.0 Å². The quantitative estimate of drug-likeness (QED) is 0.346. The van der Waals surface area contributed by atoms with Crippen molar-refractivity contribution < 1.29 is 8.42 Å². The van der Waals surface area contributed by atoms with Crippen LogP contribution in [0.5, 0.6) is 0 Å². The minimum Gasteiger partial charge on any atom is -0.357 e. The molecule has 1 aliphatic rings. The summed E-state index contributed by atoms with van der Waals surface area (Å²) in [6, 6.07) is 7.82. The number of likely N-dealkylation sites (tertiary alicyclic amines) is 1. The summed E-state index contributed by atoms with van der Waals surface area (Å²) < 4.78 is 27.3. The first-order valence-electron chi connectivity index (χ1n) is 10.2. The highest BCUT2D eigenvalue weighted by atomic mass is 32.2. The lowest BCUT2D eigenvalue weighted by atomic mass is 10.0. The fourth-order valence-electron chi connectivity index (χ4n) is 3.22. The molecule has 1 aromatic carbocycles. The standard InChI is InChI=1S/C20H35N5O2S/c1-5-21-20(24-18-10-14-25(15-11-18)16(2)3)22-12-13-23-28(26,27)19-8-6-17(4)7-9-19/h6-9,16,18,23H,5,10-15H2,1-4H3,(H2,21,22,24). The van der Waals surface area contributed by atoms with Gasteiger partial charge in [0.2, 0.25) is 10.0 Å². The van der Waals surface area contributed by atoms with Crippen molar-refractivity contribution in [3.05, 3.63) is 29.8 Å². The molecular weight excluding hydrogens is 374 g/mol. The first-order chi connectivity index (χ1) is 13.3. The van der Waals surface area contributed by atoms with E-state index in [9.17, 15) is 8.42 Å². The summed E-state index contributed by atoms with van der Waals surface area (Å²) >= 11 is 0. The van der Waals surface area contributed by atoms with Crippen LogP contribution < -0.4 is 15.4 Å². The van der Waals surface area contributed by atoms with Gasteiger partial charge >= 0.3 is 0 Å². The van der Waals surface area contributed by atoms with Gasteiger partial charge in [-0.05, 0) is 52.7 Å². The van der Waals surface area contributed by atoms with Crippen LogP contribution in [0.4, 0.5) is 0 Å². The Morgan fingerprint density at radius 3 is 2.43 bits per heavy atom. The van der Waals surface area contributed by atoms with Crippen LogP contribution in [0.2, 0.25) is 0 Å². The van der Waals surface area contributed by atoms with Crippen LogP contribution in [0.3, 0.4) is 0 Å². The molecule has 1 aliphatic heterocycles. The fraction of sp³-hybridized carbons (Fsp3) is 0.650. The van der Waals surface area contributed by atoms with Crippen molar-refractivity contribution in [3.63, 3.8) is 0 Å². The van der Waals surface area contributed by atoms with Crippen LogP contribution >= 0.6 is 0 Å². The molecule has 0 saturated carbocycles. The van der Waals surface area contributed by atoms with E-state index in [-0.39, 0.29) is 11.4 Å². The Balaban J connectivity index is 1.83. The predicted octanol–water partition coefficient (Wildman–Crippen LogP) is 1.70. The first-order valence-corrected chi connectivity index (χ1v) is 11.7. The van der Waals surface area contributed by atoms with E-state index in [0.29, 0.717) is 18.6 Å². The van der Waals surface area contributed by atoms with Crippen molar-refractivity contribution in [3.8, 4) is 0 Å². The molecule has 3 N–H and O–H groups in total. The van der Waals surface area contributed by atoms with Crippen LogP contribution in [0.25, 0.3) is 0 Å². The van der Waals surface area contributed by atoms with E-state index in [4.69, 9.17) is 0 Å². The normalized spacial score (nSPS) is 17.1. The molecule has 158 valence electrons. The SMILES string of the molecule is CCNC(=NCCNS(=O)(=O)c1ccc(C)cc1)NC1CCN(C(C)C)CC1. The highest BCUT2D eigenvalue weighted by Gasteiger charge is 2.21. The summed E-state index contributed by atoms with van der Waals surface area (Å²) in [4.78, 5) is 7.30. The Hall–Kier alpha value is -1.64. The maximum absolute atomic E-state index is 12.3. The number of sulfonamides is 1. The van der Waals surface area contributed by atoms with E-state index >= 15 is 0 Å². The molecule has 0 aromatic heterocycles.